The maximum Gasteiger partial charge on any atom is 0.252 e. The van der Waals surface area contributed by atoms with E-state index < -0.39 is 10.0 Å². The minimum Gasteiger partial charge on any atom is -0.383 e. The number of likely N-dealkylation sites (N-methyl/N-ethyl adjacent to an activating group) is 1. The molecule has 1 rings (SSSR count). The van der Waals surface area contributed by atoms with E-state index in [1.54, 1.807) is 19.3 Å². The highest BCUT2D eigenvalue weighted by Gasteiger charge is 2.24. The average Bonchev–Trinajstić information content (AvgIpc) is 2.93. The molecule has 0 saturated heterocycles. The van der Waals surface area contributed by atoms with Crippen molar-refractivity contribution in [2.24, 2.45) is 0 Å². The third-order valence-electron chi connectivity index (χ3n) is 2.91. The lowest BCUT2D eigenvalue weighted by molar-refractivity contribution is 0.182. The van der Waals surface area contributed by atoms with E-state index in [9.17, 15) is 8.42 Å². The van der Waals surface area contributed by atoms with Crippen LogP contribution in [0.5, 0.6) is 0 Å². The SMILES string of the molecule is C=CCN(CCOC)S(=O)(=O)c1ccc(CCNCC)s1. The van der Waals surface area contributed by atoms with Gasteiger partial charge in [0.2, 0.25) is 0 Å². The van der Waals surface area contributed by atoms with Crippen LogP contribution in [0.15, 0.2) is 29.0 Å². The molecule has 0 saturated carbocycles. The molecule has 1 aromatic heterocycles. The molecule has 0 bridgehead atoms. The lowest BCUT2D eigenvalue weighted by Gasteiger charge is -2.19. The second-order valence-corrected chi connectivity index (χ2v) is 7.80. The third kappa shape index (κ3) is 5.52. The van der Waals surface area contributed by atoms with E-state index in [0.29, 0.717) is 17.4 Å². The van der Waals surface area contributed by atoms with Crippen molar-refractivity contribution < 1.29 is 13.2 Å². The number of hydrogen-bond donors (Lipinski definition) is 1. The highest BCUT2D eigenvalue weighted by molar-refractivity contribution is 7.91. The lowest BCUT2D eigenvalue weighted by Crippen LogP contribution is -2.33. The van der Waals surface area contributed by atoms with Crippen LogP contribution >= 0.6 is 11.3 Å². The van der Waals surface area contributed by atoms with E-state index in [1.165, 1.54) is 15.6 Å². The summed E-state index contributed by atoms with van der Waals surface area (Å²) in [5, 5.41) is 3.23. The number of nitrogens with one attached hydrogen (secondary N) is 1. The molecule has 0 atom stereocenters. The van der Waals surface area contributed by atoms with Crippen LogP contribution in [0, 0.1) is 0 Å². The molecule has 0 spiro atoms. The Labute approximate surface area is 131 Å². The van der Waals surface area contributed by atoms with Crippen LogP contribution in [0.2, 0.25) is 0 Å². The molecule has 5 nitrogen and oxygen atoms in total. The highest BCUT2D eigenvalue weighted by atomic mass is 32.2. The van der Waals surface area contributed by atoms with E-state index in [2.05, 4.69) is 11.9 Å². The zero-order valence-electron chi connectivity index (χ0n) is 12.7. The Hall–Kier alpha value is -0.730. The first kappa shape index (κ1) is 18.3. The molecule has 0 fully saturated rings. The largest absolute Gasteiger partial charge is 0.383 e. The van der Waals surface area contributed by atoms with Crippen molar-refractivity contribution >= 4 is 21.4 Å². The summed E-state index contributed by atoms with van der Waals surface area (Å²) in [6.45, 7) is 8.43. The number of thiophene rings is 1. The standard InChI is InChI=1S/C14H24N2O3S2/c1-4-10-16(11-12-19-3)21(17,18)14-7-6-13(20-14)8-9-15-5-2/h4,6-7,15H,1,5,8-12H2,2-3H3. The molecule has 120 valence electrons. The van der Waals surface area contributed by atoms with Crippen molar-refractivity contribution in [1.29, 1.82) is 0 Å². The Kier molecular flexibility index (Phi) is 8.13. The van der Waals surface area contributed by atoms with Gasteiger partial charge in [-0.05, 0) is 31.6 Å². The summed E-state index contributed by atoms with van der Waals surface area (Å²) in [6, 6.07) is 3.57. The summed E-state index contributed by atoms with van der Waals surface area (Å²) in [5.41, 5.74) is 0. The number of nitrogens with zero attached hydrogens (tertiary/aromatic N) is 1. The molecule has 0 aromatic carbocycles. The van der Waals surface area contributed by atoms with Gasteiger partial charge in [-0.3, -0.25) is 0 Å². The van der Waals surface area contributed by atoms with E-state index >= 15 is 0 Å². The van der Waals surface area contributed by atoms with Gasteiger partial charge in [0.25, 0.3) is 10.0 Å². The van der Waals surface area contributed by atoms with Gasteiger partial charge < -0.3 is 10.1 Å². The van der Waals surface area contributed by atoms with Crippen LogP contribution in [0.25, 0.3) is 0 Å². The minimum absolute atomic E-state index is 0.288. The van der Waals surface area contributed by atoms with Crippen molar-refractivity contribution in [2.45, 2.75) is 17.6 Å². The Morgan fingerprint density at radius 2 is 2.24 bits per heavy atom. The Morgan fingerprint density at radius 3 is 2.86 bits per heavy atom. The molecule has 0 aliphatic carbocycles. The molecule has 1 heterocycles. The van der Waals surface area contributed by atoms with E-state index in [1.807, 2.05) is 13.0 Å². The molecule has 0 aliphatic heterocycles. The number of methoxy groups -OCH3 is 1. The van der Waals surface area contributed by atoms with Gasteiger partial charge in [0.15, 0.2) is 0 Å². The molecule has 0 radical (unpaired) electrons. The van der Waals surface area contributed by atoms with Gasteiger partial charge in [-0.25, -0.2) is 8.42 Å². The van der Waals surface area contributed by atoms with Gasteiger partial charge in [-0.1, -0.05) is 13.0 Å². The van der Waals surface area contributed by atoms with Crippen LogP contribution < -0.4 is 5.32 Å². The summed E-state index contributed by atoms with van der Waals surface area (Å²) < 4.78 is 31.9. The van der Waals surface area contributed by atoms with Crippen molar-refractivity contribution in [1.82, 2.24) is 9.62 Å². The van der Waals surface area contributed by atoms with E-state index in [4.69, 9.17) is 4.74 Å². The molecular weight excluding hydrogens is 308 g/mol. The molecule has 0 aliphatic rings. The van der Waals surface area contributed by atoms with Crippen LogP contribution in [0.3, 0.4) is 0 Å². The monoisotopic (exact) mass is 332 g/mol. The molecular formula is C14H24N2O3S2. The predicted octanol–water partition coefficient (Wildman–Crippen LogP) is 1.72. The van der Waals surface area contributed by atoms with Gasteiger partial charge >= 0.3 is 0 Å². The average molecular weight is 332 g/mol. The highest BCUT2D eigenvalue weighted by Crippen LogP contribution is 2.25. The number of sulfonamides is 1. The molecule has 21 heavy (non-hydrogen) atoms. The van der Waals surface area contributed by atoms with Crippen molar-refractivity contribution in [3.63, 3.8) is 0 Å². The topological polar surface area (TPSA) is 58.6 Å². The third-order valence-corrected chi connectivity index (χ3v) is 6.38. The number of hydrogen-bond acceptors (Lipinski definition) is 5. The van der Waals surface area contributed by atoms with E-state index in [0.717, 1.165) is 24.4 Å². The van der Waals surface area contributed by atoms with Gasteiger partial charge in [0.1, 0.15) is 4.21 Å². The first-order chi connectivity index (χ1) is 10.1. The Morgan fingerprint density at radius 1 is 1.48 bits per heavy atom. The van der Waals surface area contributed by atoms with Crippen molar-refractivity contribution in [3.8, 4) is 0 Å². The first-order valence-electron chi connectivity index (χ1n) is 6.95. The zero-order valence-corrected chi connectivity index (χ0v) is 14.3. The van der Waals surface area contributed by atoms with Crippen LogP contribution in [0.1, 0.15) is 11.8 Å². The summed E-state index contributed by atoms with van der Waals surface area (Å²) in [5.74, 6) is 0. The zero-order chi connectivity index (χ0) is 15.7. The smallest absolute Gasteiger partial charge is 0.252 e. The fourth-order valence-corrected chi connectivity index (χ4v) is 4.70. The second-order valence-electron chi connectivity index (χ2n) is 4.47. The summed E-state index contributed by atoms with van der Waals surface area (Å²) in [4.78, 5) is 1.07. The van der Waals surface area contributed by atoms with Crippen LogP contribution in [-0.4, -0.2) is 52.6 Å². The van der Waals surface area contributed by atoms with Crippen molar-refractivity contribution in [3.05, 3.63) is 29.7 Å². The molecule has 0 amide bonds. The van der Waals surface area contributed by atoms with Crippen molar-refractivity contribution in [2.75, 3.05) is 39.9 Å². The van der Waals surface area contributed by atoms with Crippen LogP contribution in [0.4, 0.5) is 0 Å². The summed E-state index contributed by atoms with van der Waals surface area (Å²) >= 11 is 1.33. The van der Waals surface area contributed by atoms with Gasteiger partial charge in [0, 0.05) is 25.1 Å². The maximum absolute atomic E-state index is 12.6. The number of ether oxygens (including phenoxy) is 1. The molecule has 1 N–H and O–H groups in total. The Bertz CT molecular complexity index is 526. The Balaban J connectivity index is 2.81. The lowest BCUT2D eigenvalue weighted by atomic mass is 10.3. The normalized spacial score (nSPS) is 12.0. The first-order valence-corrected chi connectivity index (χ1v) is 9.21. The molecule has 0 unspecified atom stereocenters. The quantitative estimate of drug-likeness (QED) is 0.495. The number of rotatable bonds is 11. The fourth-order valence-electron chi connectivity index (χ4n) is 1.79. The summed E-state index contributed by atoms with van der Waals surface area (Å²) in [7, 11) is -1.91. The van der Waals surface area contributed by atoms with E-state index in [-0.39, 0.29) is 6.54 Å². The van der Waals surface area contributed by atoms with Gasteiger partial charge in [-0.2, -0.15) is 4.31 Å². The second kappa shape index (κ2) is 9.32. The maximum atomic E-state index is 12.6. The van der Waals surface area contributed by atoms with Gasteiger partial charge in [-0.15, -0.1) is 17.9 Å². The van der Waals surface area contributed by atoms with Crippen LogP contribution in [-0.2, 0) is 21.2 Å². The predicted molar refractivity (Wildman–Crippen MR) is 87.4 cm³/mol. The van der Waals surface area contributed by atoms with Gasteiger partial charge in [0.05, 0.1) is 6.61 Å². The summed E-state index contributed by atoms with van der Waals surface area (Å²) in [6.07, 6.45) is 2.43. The minimum atomic E-state index is -3.47. The molecule has 1 aromatic rings. The fraction of sp³-hybridized carbons (Fsp3) is 0.571. The molecule has 7 heteroatoms.